The van der Waals surface area contributed by atoms with Crippen LogP contribution in [0.25, 0.3) is 10.9 Å². The molecule has 2 aliphatic rings. The number of rotatable bonds is 10. The second kappa shape index (κ2) is 11.8. The highest BCUT2D eigenvalue weighted by Gasteiger charge is 2.35. The van der Waals surface area contributed by atoms with Gasteiger partial charge in [0.1, 0.15) is 17.5 Å². The largest absolute Gasteiger partial charge is 0.497 e. The van der Waals surface area contributed by atoms with Crippen molar-refractivity contribution in [3.8, 4) is 11.5 Å². The molecule has 1 aliphatic heterocycles. The molecule has 3 heterocycles. The molecule has 6 rings (SSSR count). The molecule has 0 spiro atoms. The second-order valence-corrected chi connectivity index (χ2v) is 10.7. The minimum absolute atomic E-state index is 0.0588. The molecular weight excluding hydrogens is 508 g/mol. The molecule has 4 aromatic rings. The van der Waals surface area contributed by atoms with Crippen LogP contribution in [0.15, 0.2) is 53.3 Å². The number of nitrogens with zero attached hydrogens (tertiary/aromatic N) is 5. The number of pyridine rings is 1. The number of aromatic amines is 1. The number of nitrogens with one attached hydrogen (secondary N) is 1. The average Bonchev–Trinajstić information content (AvgIpc) is 3.77. The molecule has 10 nitrogen and oxygen atoms in total. The predicted molar refractivity (Wildman–Crippen MR) is 151 cm³/mol. The zero-order chi connectivity index (χ0) is 27.5. The highest BCUT2D eigenvalue weighted by molar-refractivity contribution is 5.80. The molecule has 0 unspecified atom stereocenters. The normalized spacial score (nSPS) is 18.5. The van der Waals surface area contributed by atoms with Crippen molar-refractivity contribution in [2.45, 2.75) is 63.3 Å². The molecule has 0 radical (unpaired) electrons. The van der Waals surface area contributed by atoms with Crippen LogP contribution >= 0.6 is 0 Å². The van der Waals surface area contributed by atoms with E-state index in [-0.39, 0.29) is 17.7 Å². The van der Waals surface area contributed by atoms with Crippen molar-refractivity contribution in [1.29, 1.82) is 0 Å². The Bertz CT molecular complexity index is 1510. The van der Waals surface area contributed by atoms with Gasteiger partial charge in [-0.05, 0) is 78.1 Å². The summed E-state index contributed by atoms with van der Waals surface area (Å²) in [5, 5.41) is 14.1. The topological polar surface area (TPSA) is 107 Å². The van der Waals surface area contributed by atoms with E-state index in [1.165, 1.54) is 0 Å². The lowest BCUT2D eigenvalue weighted by molar-refractivity contribution is 0.0569. The van der Waals surface area contributed by atoms with Gasteiger partial charge < -0.3 is 19.2 Å². The third-order valence-corrected chi connectivity index (χ3v) is 8.16. The van der Waals surface area contributed by atoms with Gasteiger partial charge in [0.05, 0.1) is 26.4 Å². The Labute approximate surface area is 233 Å². The molecule has 2 aromatic carbocycles. The van der Waals surface area contributed by atoms with E-state index < -0.39 is 6.04 Å². The van der Waals surface area contributed by atoms with Crippen LogP contribution in [-0.2, 0) is 11.3 Å². The van der Waals surface area contributed by atoms with Crippen LogP contribution in [0.2, 0.25) is 0 Å². The molecule has 1 saturated carbocycles. The maximum absolute atomic E-state index is 13.8. The monoisotopic (exact) mass is 544 g/mol. The molecule has 2 atom stereocenters. The Morgan fingerprint density at radius 1 is 1.05 bits per heavy atom. The molecule has 1 N–H and O–H groups in total. The highest BCUT2D eigenvalue weighted by Crippen LogP contribution is 2.35. The standard InChI is InChI=1S/C30H36N6O4/c1-38-23-10-5-7-20(15-23)18-35(19-25-11-6-14-40-25)28(29-32-33-34-36(29)22-8-3-4-9-22)26-17-21-16-24(39-2)12-13-27(21)31-30(26)37/h5,7,10,12-13,15-17,22,25,28H,3-4,6,8-9,11,14,18-19H2,1-2H3,(H,31,37)/t25-,28-/m1/s1. The van der Waals surface area contributed by atoms with Gasteiger partial charge in [-0.25, -0.2) is 4.68 Å². The first kappa shape index (κ1) is 26.5. The fourth-order valence-electron chi connectivity index (χ4n) is 6.14. The number of methoxy groups -OCH3 is 2. The van der Waals surface area contributed by atoms with E-state index in [0.29, 0.717) is 24.5 Å². The Morgan fingerprint density at radius 2 is 1.88 bits per heavy atom. The minimum Gasteiger partial charge on any atom is -0.497 e. The van der Waals surface area contributed by atoms with Crippen LogP contribution in [0, 0.1) is 0 Å². The van der Waals surface area contributed by atoms with Crippen molar-refractivity contribution in [1.82, 2.24) is 30.1 Å². The minimum atomic E-state index is -0.495. The number of hydrogen-bond acceptors (Lipinski definition) is 8. The van der Waals surface area contributed by atoms with Crippen LogP contribution in [-0.4, -0.2) is 63.6 Å². The summed E-state index contributed by atoms with van der Waals surface area (Å²) in [6.45, 7) is 1.95. The lowest BCUT2D eigenvalue weighted by Gasteiger charge is -2.33. The van der Waals surface area contributed by atoms with Crippen molar-refractivity contribution < 1.29 is 14.2 Å². The molecule has 0 bridgehead atoms. The van der Waals surface area contributed by atoms with E-state index in [9.17, 15) is 4.79 Å². The smallest absolute Gasteiger partial charge is 0.253 e. The fourth-order valence-corrected chi connectivity index (χ4v) is 6.14. The lowest BCUT2D eigenvalue weighted by atomic mass is 10.0. The summed E-state index contributed by atoms with van der Waals surface area (Å²) in [5.74, 6) is 2.20. The van der Waals surface area contributed by atoms with Crippen molar-refractivity contribution >= 4 is 10.9 Å². The van der Waals surface area contributed by atoms with E-state index in [1.54, 1.807) is 14.2 Å². The number of aromatic nitrogens is 5. The van der Waals surface area contributed by atoms with Crippen molar-refractivity contribution in [2.24, 2.45) is 0 Å². The quantitative estimate of drug-likeness (QED) is 0.313. The Balaban J connectivity index is 1.51. The molecule has 10 heteroatoms. The van der Waals surface area contributed by atoms with Gasteiger partial charge in [0.2, 0.25) is 0 Å². The van der Waals surface area contributed by atoms with Gasteiger partial charge in [0.25, 0.3) is 5.56 Å². The summed E-state index contributed by atoms with van der Waals surface area (Å²) in [6.07, 6.45) is 6.40. The maximum atomic E-state index is 13.8. The van der Waals surface area contributed by atoms with E-state index in [4.69, 9.17) is 14.2 Å². The molecule has 1 aliphatic carbocycles. The first-order chi connectivity index (χ1) is 19.6. The van der Waals surface area contributed by atoms with E-state index in [2.05, 4.69) is 31.5 Å². The van der Waals surface area contributed by atoms with E-state index >= 15 is 0 Å². The zero-order valence-corrected chi connectivity index (χ0v) is 23.1. The van der Waals surface area contributed by atoms with Crippen molar-refractivity contribution in [3.63, 3.8) is 0 Å². The fraction of sp³-hybridized carbons (Fsp3) is 0.467. The predicted octanol–water partition coefficient (Wildman–Crippen LogP) is 4.42. The molecule has 40 heavy (non-hydrogen) atoms. The van der Waals surface area contributed by atoms with Gasteiger partial charge in [-0.15, -0.1) is 5.10 Å². The van der Waals surface area contributed by atoms with Crippen LogP contribution < -0.4 is 15.0 Å². The van der Waals surface area contributed by atoms with Gasteiger partial charge in [-0.2, -0.15) is 0 Å². The summed E-state index contributed by atoms with van der Waals surface area (Å²) >= 11 is 0. The lowest BCUT2D eigenvalue weighted by Crippen LogP contribution is -2.39. The zero-order valence-electron chi connectivity index (χ0n) is 23.1. The van der Waals surface area contributed by atoms with Gasteiger partial charge >= 0.3 is 0 Å². The first-order valence-corrected chi connectivity index (χ1v) is 14.1. The van der Waals surface area contributed by atoms with E-state index in [0.717, 1.165) is 73.1 Å². The van der Waals surface area contributed by atoms with Crippen molar-refractivity contribution in [2.75, 3.05) is 27.4 Å². The highest BCUT2D eigenvalue weighted by atomic mass is 16.5. The van der Waals surface area contributed by atoms with Crippen molar-refractivity contribution in [3.05, 3.63) is 75.8 Å². The van der Waals surface area contributed by atoms with Gasteiger partial charge in [-0.3, -0.25) is 9.69 Å². The number of benzene rings is 2. The van der Waals surface area contributed by atoms with E-state index in [1.807, 2.05) is 47.1 Å². The first-order valence-electron chi connectivity index (χ1n) is 14.1. The molecule has 0 amide bonds. The molecule has 2 fully saturated rings. The number of tetrazole rings is 1. The Kier molecular flexibility index (Phi) is 7.79. The van der Waals surface area contributed by atoms with Crippen LogP contribution in [0.4, 0.5) is 0 Å². The summed E-state index contributed by atoms with van der Waals surface area (Å²) in [7, 11) is 3.31. The average molecular weight is 545 g/mol. The summed E-state index contributed by atoms with van der Waals surface area (Å²) in [4.78, 5) is 19.2. The molecule has 2 aromatic heterocycles. The van der Waals surface area contributed by atoms with Crippen LogP contribution in [0.1, 0.15) is 67.6 Å². The van der Waals surface area contributed by atoms with Crippen LogP contribution in [0.3, 0.4) is 0 Å². The third kappa shape index (κ3) is 5.46. The molecule has 210 valence electrons. The van der Waals surface area contributed by atoms with Gasteiger partial charge in [0.15, 0.2) is 5.82 Å². The maximum Gasteiger partial charge on any atom is 0.253 e. The Hall–Kier alpha value is -3.76. The Morgan fingerprint density at radius 3 is 2.65 bits per heavy atom. The third-order valence-electron chi connectivity index (χ3n) is 8.16. The van der Waals surface area contributed by atoms with Crippen LogP contribution in [0.5, 0.6) is 11.5 Å². The van der Waals surface area contributed by atoms with Gasteiger partial charge in [0, 0.05) is 36.2 Å². The summed E-state index contributed by atoms with van der Waals surface area (Å²) in [5.41, 5.74) is 2.26. The second-order valence-electron chi connectivity index (χ2n) is 10.7. The SMILES string of the molecule is COc1cccc(CN(C[C@H]2CCCO2)[C@H](c2cc3cc(OC)ccc3[nH]c2=O)c2nnnn2C2CCCC2)c1. The molecule has 1 saturated heterocycles. The summed E-state index contributed by atoms with van der Waals surface area (Å²) < 4.78 is 19.1. The molecular formula is C30H36N6O4. The number of ether oxygens (including phenoxy) is 3. The summed E-state index contributed by atoms with van der Waals surface area (Å²) in [6, 6.07) is 15.4. The number of H-pyrrole nitrogens is 1. The number of hydrogen-bond donors (Lipinski definition) is 1. The van der Waals surface area contributed by atoms with Gasteiger partial charge in [-0.1, -0.05) is 25.0 Å². The number of fused-ring (bicyclic) bond motifs is 1.